The summed E-state index contributed by atoms with van der Waals surface area (Å²) in [7, 11) is 0. The van der Waals surface area contributed by atoms with Crippen LogP contribution in [0.25, 0.3) is 0 Å². The van der Waals surface area contributed by atoms with Crippen LogP contribution in [0.3, 0.4) is 0 Å². The minimum Gasteiger partial charge on any atom is -0.325 e. The minimum absolute atomic E-state index is 0.0267. The first-order valence-electron chi connectivity index (χ1n) is 5.41. The predicted molar refractivity (Wildman–Crippen MR) is 57.6 cm³/mol. The van der Waals surface area contributed by atoms with E-state index in [0.29, 0.717) is 5.82 Å². The molecular weight excluding hydrogens is 192 g/mol. The molecular formula is C10H16N4O. The van der Waals surface area contributed by atoms with E-state index in [-0.39, 0.29) is 6.03 Å². The van der Waals surface area contributed by atoms with Gasteiger partial charge in [0, 0.05) is 19.2 Å². The maximum atomic E-state index is 11.8. The number of likely N-dealkylation sites (tertiary alicyclic amines) is 1. The van der Waals surface area contributed by atoms with Crippen LogP contribution in [0.1, 0.15) is 25.7 Å². The van der Waals surface area contributed by atoms with Crippen LogP contribution in [0.5, 0.6) is 0 Å². The average molecular weight is 208 g/mol. The molecule has 0 spiro atoms. The second kappa shape index (κ2) is 4.82. The molecule has 0 bridgehead atoms. The van der Waals surface area contributed by atoms with E-state index in [1.165, 1.54) is 12.8 Å². The van der Waals surface area contributed by atoms with Crippen LogP contribution in [0, 0.1) is 0 Å². The summed E-state index contributed by atoms with van der Waals surface area (Å²) in [6.45, 7) is 1.72. The molecule has 5 heteroatoms. The van der Waals surface area contributed by atoms with Crippen molar-refractivity contribution in [2.75, 3.05) is 18.4 Å². The zero-order chi connectivity index (χ0) is 10.5. The van der Waals surface area contributed by atoms with Crippen LogP contribution in [0.15, 0.2) is 12.3 Å². The van der Waals surface area contributed by atoms with Crippen molar-refractivity contribution < 1.29 is 4.79 Å². The van der Waals surface area contributed by atoms with Crippen LogP contribution in [-0.2, 0) is 0 Å². The van der Waals surface area contributed by atoms with Crippen molar-refractivity contribution in [3.63, 3.8) is 0 Å². The van der Waals surface area contributed by atoms with Gasteiger partial charge in [0.15, 0.2) is 0 Å². The number of H-pyrrole nitrogens is 1. The standard InChI is InChI=1S/C10H16N4O/c15-10(12-9-5-6-11-13-9)14-7-3-1-2-4-8-14/h5-6H,1-4,7-8H2,(H2,11,12,13,15). The van der Waals surface area contributed by atoms with Gasteiger partial charge in [0.1, 0.15) is 5.82 Å². The maximum absolute atomic E-state index is 11.8. The number of amides is 2. The lowest BCUT2D eigenvalue weighted by atomic mass is 10.2. The van der Waals surface area contributed by atoms with Gasteiger partial charge in [-0.25, -0.2) is 4.79 Å². The number of nitrogens with one attached hydrogen (secondary N) is 2. The molecule has 1 aliphatic rings. The Bertz CT molecular complexity index is 301. The zero-order valence-electron chi connectivity index (χ0n) is 8.70. The van der Waals surface area contributed by atoms with E-state index in [0.717, 1.165) is 25.9 Å². The topological polar surface area (TPSA) is 61.0 Å². The number of aromatic amines is 1. The number of hydrogen-bond acceptors (Lipinski definition) is 2. The Hall–Kier alpha value is -1.52. The van der Waals surface area contributed by atoms with Crippen LogP contribution < -0.4 is 5.32 Å². The number of anilines is 1. The van der Waals surface area contributed by atoms with Gasteiger partial charge in [-0.2, -0.15) is 5.10 Å². The van der Waals surface area contributed by atoms with Crippen molar-refractivity contribution >= 4 is 11.8 Å². The average Bonchev–Trinajstić information content (AvgIpc) is 2.58. The van der Waals surface area contributed by atoms with Crippen molar-refractivity contribution in [2.24, 2.45) is 0 Å². The number of nitrogens with zero attached hydrogens (tertiary/aromatic N) is 2. The Labute approximate surface area is 88.8 Å². The molecule has 2 amide bonds. The summed E-state index contributed by atoms with van der Waals surface area (Å²) < 4.78 is 0. The third-order valence-corrected chi connectivity index (χ3v) is 2.64. The van der Waals surface area contributed by atoms with Gasteiger partial charge in [0.25, 0.3) is 0 Å². The zero-order valence-corrected chi connectivity index (χ0v) is 8.70. The highest BCUT2D eigenvalue weighted by Crippen LogP contribution is 2.11. The van der Waals surface area contributed by atoms with Gasteiger partial charge in [0.2, 0.25) is 0 Å². The van der Waals surface area contributed by atoms with Crippen molar-refractivity contribution in [1.82, 2.24) is 15.1 Å². The molecule has 2 rings (SSSR count). The molecule has 82 valence electrons. The first kappa shape index (κ1) is 10.0. The van der Waals surface area contributed by atoms with E-state index in [4.69, 9.17) is 0 Å². The van der Waals surface area contributed by atoms with Crippen molar-refractivity contribution in [2.45, 2.75) is 25.7 Å². The summed E-state index contributed by atoms with van der Waals surface area (Å²) in [6, 6.07) is 1.72. The summed E-state index contributed by atoms with van der Waals surface area (Å²) >= 11 is 0. The van der Waals surface area contributed by atoms with Gasteiger partial charge in [-0.1, -0.05) is 12.8 Å². The first-order chi connectivity index (χ1) is 7.36. The van der Waals surface area contributed by atoms with E-state index in [2.05, 4.69) is 15.5 Å². The van der Waals surface area contributed by atoms with E-state index in [9.17, 15) is 4.79 Å². The summed E-state index contributed by atoms with van der Waals surface area (Å²) in [5, 5.41) is 9.28. The van der Waals surface area contributed by atoms with Gasteiger partial charge in [0.05, 0.1) is 6.20 Å². The summed E-state index contributed by atoms with van der Waals surface area (Å²) in [5.41, 5.74) is 0. The highest BCUT2D eigenvalue weighted by atomic mass is 16.2. The molecule has 0 aliphatic carbocycles. The smallest absolute Gasteiger partial charge is 0.322 e. The third kappa shape index (κ3) is 2.71. The van der Waals surface area contributed by atoms with Crippen LogP contribution in [-0.4, -0.2) is 34.2 Å². The second-order valence-corrected chi connectivity index (χ2v) is 3.80. The molecule has 0 unspecified atom stereocenters. The number of hydrogen-bond donors (Lipinski definition) is 2. The highest BCUT2D eigenvalue weighted by molar-refractivity contribution is 5.88. The Kier molecular flexibility index (Phi) is 3.22. The third-order valence-electron chi connectivity index (χ3n) is 2.64. The molecule has 0 aromatic carbocycles. The van der Waals surface area contributed by atoms with Crippen LogP contribution in [0.4, 0.5) is 10.6 Å². The van der Waals surface area contributed by atoms with Gasteiger partial charge >= 0.3 is 6.03 Å². The van der Waals surface area contributed by atoms with Gasteiger partial charge in [-0.3, -0.25) is 10.4 Å². The summed E-state index contributed by atoms with van der Waals surface area (Å²) in [4.78, 5) is 13.7. The van der Waals surface area contributed by atoms with Crippen LogP contribution in [0.2, 0.25) is 0 Å². The lowest BCUT2D eigenvalue weighted by molar-refractivity contribution is 0.213. The number of carbonyl (C=O) groups is 1. The Morgan fingerprint density at radius 1 is 1.33 bits per heavy atom. The van der Waals surface area contributed by atoms with Crippen molar-refractivity contribution in [3.05, 3.63) is 12.3 Å². The van der Waals surface area contributed by atoms with E-state index < -0.39 is 0 Å². The molecule has 1 fully saturated rings. The summed E-state index contributed by atoms with van der Waals surface area (Å²) in [6.07, 6.45) is 6.30. The highest BCUT2D eigenvalue weighted by Gasteiger charge is 2.15. The van der Waals surface area contributed by atoms with Crippen LogP contribution >= 0.6 is 0 Å². The first-order valence-corrected chi connectivity index (χ1v) is 5.41. The molecule has 1 aromatic rings. The molecule has 0 radical (unpaired) electrons. The maximum Gasteiger partial charge on any atom is 0.322 e. The fourth-order valence-corrected chi connectivity index (χ4v) is 1.79. The number of aromatic nitrogens is 2. The normalized spacial score (nSPS) is 17.2. The molecule has 1 saturated heterocycles. The van der Waals surface area contributed by atoms with Gasteiger partial charge in [-0.05, 0) is 12.8 Å². The van der Waals surface area contributed by atoms with Gasteiger partial charge < -0.3 is 4.90 Å². The molecule has 0 saturated carbocycles. The minimum atomic E-state index is -0.0267. The Balaban J connectivity index is 1.89. The van der Waals surface area contributed by atoms with E-state index in [1.807, 2.05) is 4.90 Å². The molecule has 2 N–H and O–H groups in total. The fourth-order valence-electron chi connectivity index (χ4n) is 1.79. The molecule has 5 nitrogen and oxygen atoms in total. The quantitative estimate of drug-likeness (QED) is 0.739. The molecule has 0 atom stereocenters. The number of urea groups is 1. The number of carbonyl (C=O) groups excluding carboxylic acids is 1. The van der Waals surface area contributed by atoms with Crippen molar-refractivity contribution in [1.29, 1.82) is 0 Å². The van der Waals surface area contributed by atoms with Gasteiger partial charge in [-0.15, -0.1) is 0 Å². The second-order valence-electron chi connectivity index (χ2n) is 3.80. The lowest BCUT2D eigenvalue weighted by Gasteiger charge is -2.19. The molecule has 2 heterocycles. The number of rotatable bonds is 1. The Morgan fingerprint density at radius 3 is 2.67 bits per heavy atom. The molecule has 1 aliphatic heterocycles. The fraction of sp³-hybridized carbons (Fsp3) is 0.600. The lowest BCUT2D eigenvalue weighted by Crippen LogP contribution is -2.35. The predicted octanol–water partition coefficient (Wildman–Crippen LogP) is 1.82. The van der Waals surface area contributed by atoms with E-state index in [1.54, 1.807) is 12.3 Å². The van der Waals surface area contributed by atoms with Crippen molar-refractivity contribution in [3.8, 4) is 0 Å². The monoisotopic (exact) mass is 208 g/mol. The largest absolute Gasteiger partial charge is 0.325 e. The summed E-state index contributed by atoms with van der Waals surface area (Å²) in [5.74, 6) is 0.657. The molecule has 15 heavy (non-hydrogen) atoms. The molecule has 1 aromatic heterocycles. The Morgan fingerprint density at radius 2 is 2.07 bits per heavy atom. The van der Waals surface area contributed by atoms with E-state index >= 15 is 0 Å². The SMILES string of the molecule is O=C(Nc1ccn[nH]1)N1CCCCCC1.